The van der Waals surface area contributed by atoms with E-state index in [1.807, 2.05) is 38.1 Å². The highest BCUT2D eigenvalue weighted by Gasteiger charge is 2.29. The number of aliphatic hydroxyl groups is 1. The van der Waals surface area contributed by atoms with Gasteiger partial charge in [-0.3, -0.25) is 4.98 Å². The van der Waals surface area contributed by atoms with Crippen LogP contribution in [0.25, 0.3) is 10.9 Å². The van der Waals surface area contributed by atoms with Crippen molar-refractivity contribution in [2.24, 2.45) is 5.92 Å². The molecular formula is C18H27N3O. The molecule has 0 radical (unpaired) electrons. The predicted octanol–water partition coefficient (Wildman–Crippen LogP) is 3.80. The maximum Gasteiger partial charge on any atom is 0.0791 e. The van der Waals surface area contributed by atoms with Crippen LogP contribution >= 0.6 is 0 Å². The molecule has 22 heavy (non-hydrogen) atoms. The summed E-state index contributed by atoms with van der Waals surface area (Å²) in [5.41, 5.74) is 7.67. The van der Waals surface area contributed by atoms with Gasteiger partial charge in [-0.2, -0.15) is 0 Å². The van der Waals surface area contributed by atoms with E-state index in [9.17, 15) is 5.11 Å². The molecule has 2 atom stereocenters. The molecule has 0 aliphatic heterocycles. The summed E-state index contributed by atoms with van der Waals surface area (Å²) in [6.45, 7) is 8.05. The number of nitrogens with one attached hydrogen (secondary N) is 1. The third kappa shape index (κ3) is 3.69. The Kier molecular flexibility index (Phi) is 4.91. The van der Waals surface area contributed by atoms with Crippen LogP contribution in [-0.2, 0) is 0 Å². The van der Waals surface area contributed by atoms with Gasteiger partial charge in [-0.05, 0) is 32.3 Å². The Bertz CT molecular complexity index is 634. The van der Waals surface area contributed by atoms with E-state index in [0.717, 1.165) is 29.4 Å². The number of fused-ring (bicyclic) bond motifs is 1. The Morgan fingerprint density at radius 1 is 1.32 bits per heavy atom. The average molecular weight is 301 g/mol. The Balaban J connectivity index is 2.39. The molecule has 0 fully saturated rings. The zero-order valence-electron chi connectivity index (χ0n) is 13.9. The van der Waals surface area contributed by atoms with Gasteiger partial charge in [0.1, 0.15) is 0 Å². The van der Waals surface area contributed by atoms with Crippen molar-refractivity contribution in [1.82, 2.24) is 4.98 Å². The van der Waals surface area contributed by atoms with E-state index in [2.05, 4.69) is 24.1 Å². The second kappa shape index (κ2) is 6.53. The van der Waals surface area contributed by atoms with Gasteiger partial charge in [0.2, 0.25) is 0 Å². The summed E-state index contributed by atoms with van der Waals surface area (Å²) in [6.07, 6.45) is 3.65. The van der Waals surface area contributed by atoms with Crippen molar-refractivity contribution in [3.8, 4) is 0 Å². The Hall–Kier alpha value is -1.81. The third-order valence-electron chi connectivity index (χ3n) is 4.31. The normalized spacial score (nSPS) is 14.8. The van der Waals surface area contributed by atoms with Crippen LogP contribution in [0, 0.1) is 5.92 Å². The molecule has 1 heterocycles. The Morgan fingerprint density at radius 3 is 2.64 bits per heavy atom. The molecule has 4 N–H and O–H groups in total. The second-order valence-electron chi connectivity index (χ2n) is 6.71. The van der Waals surface area contributed by atoms with Crippen LogP contribution in [0.15, 0.2) is 30.5 Å². The summed E-state index contributed by atoms with van der Waals surface area (Å²) < 4.78 is 0. The molecule has 2 aromatic rings. The minimum absolute atomic E-state index is 0.0736. The van der Waals surface area contributed by atoms with Crippen molar-refractivity contribution in [2.45, 2.75) is 52.2 Å². The number of nitrogens with two attached hydrogens (primary N) is 1. The number of aromatic nitrogens is 1. The maximum absolute atomic E-state index is 10.5. The van der Waals surface area contributed by atoms with Gasteiger partial charge in [0.15, 0.2) is 0 Å². The van der Waals surface area contributed by atoms with Crippen molar-refractivity contribution in [3.63, 3.8) is 0 Å². The maximum atomic E-state index is 10.5. The fraction of sp³-hybridized carbons (Fsp3) is 0.500. The summed E-state index contributed by atoms with van der Waals surface area (Å²) in [5, 5.41) is 15.0. The summed E-state index contributed by atoms with van der Waals surface area (Å²) in [5.74, 6) is 0.526. The molecule has 0 spiro atoms. The van der Waals surface area contributed by atoms with Gasteiger partial charge < -0.3 is 16.2 Å². The van der Waals surface area contributed by atoms with E-state index in [1.165, 1.54) is 0 Å². The zero-order chi connectivity index (χ0) is 16.3. The molecule has 2 rings (SSSR count). The molecule has 120 valence electrons. The van der Waals surface area contributed by atoms with Gasteiger partial charge >= 0.3 is 0 Å². The number of hydrogen-bond donors (Lipinski definition) is 3. The average Bonchev–Trinajstić information content (AvgIpc) is 2.47. The van der Waals surface area contributed by atoms with Gasteiger partial charge in [-0.15, -0.1) is 0 Å². The molecule has 1 aromatic carbocycles. The van der Waals surface area contributed by atoms with Gasteiger partial charge in [-0.25, -0.2) is 0 Å². The number of para-hydroxylation sites is 1. The minimum Gasteiger partial charge on any atom is -0.396 e. The van der Waals surface area contributed by atoms with Crippen molar-refractivity contribution >= 4 is 22.3 Å². The highest BCUT2D eigenvalue weighted by Crippen LogP contribution is 2.31. The lowest BCUT2D eigenvalue weighted by Crippen LogP contribution is -2.43. The highest BCUT2D eigenvalue weighted by molar-refractivity contribution is 5.97. The predicted molar refractivity (Wildman–Crippen MR) is 93.9 cm³/mol. The molecule has 0 saturated heterocycles. The molecule has 0 aliphatic rings. The first kappa shape index (κ1) is 16.6. The lowest BCUT2D eigenvalue weighted by molar-refractivity contribution is 0.0513. The van der Waals surface area contributed by atoms with Gasteiger partial charge in [0.25, 0.3) is 0 Å². The number of hydrogen-bond acceptors (Lipinski definition) is 4. The molecular weight excluding hydrogens is 274 g/mol. The van der Waals surface area contributed by atoms with E-state index in [0.29, 0.717) is 11.6 Å². The van der Waals surface area contributed by atoms with Crippen LogP contribution in [0.5, 0.6) is 0 Å². The van der Waals surface area contributed by atoms with Crippen molar-refractivity contribution in [3.05, 3.63) is 30.5 Å². The number of rotatable bonds is 6. The third-order valence-corrected chi connectivity index (χ3v) is 4.31. The van der Waals surface area contributed by atoms with Crippen LogP contribution in [0.3, 0.4) is 0 Å². The molecule has 0 saturated carbocycles. The quantitative estimate of drug-likeness (QED) is 0.759. The number of anilines is 2. The minimum atomic E-state index is -0.833. The largest absolute Gasteiger partial charge is 0.396 e. The van der Waals surface area contributed by atoms with E-state index in [-0.39, 0.29) is 6.04 Å². The van der Waals surface area contributed by atoms with Crippen molar-refractivity contribution < 1.29 is 5.11 Å². The second-order valence-corrected chi connectivity index (χ2v) is 6.71. The zero-order valence-corrected chi connectivity index (χ0v) is 13.9. The van der Waals surface area contributed by atoms with Crippen molar-refractivity contribution in [2.75, 3.05) is 11.1 Å². The van der Waals surface area contributed by atoms with E-state index in [4.69, 9.17) is 5.73 Å². The lowest BCUT2D eigenvalue weighted by atomic mass is 9.88. The smallest absolute Gasteiger partial charge is 0.0791 e. The summed E-state index contributed by atoms with van der Waals surface area (Å²) in [6, 6.07) is 7.83. The molecule has 4 heteroatoms. The molecule has 1 unspecified atom stereocenters. The summed E-state index contributed by atoms with van der Waals surface area (Å²) in [7, 11) is 0. The summed E-state index contributed by atoms with van der Waals surface area (Å²) >= 11 is 0. The fourth-order valence-corrected chi connectivity index (χ4v) is 2.59. The Morgan fingerprint density at radius 2 is 2.00 bits per heavy atom. The lowest BCUT2D eigenvalue weighted by Gasteiger charge is -2.33. The van der Waals surface area contributed by atoms with E-state index < -0.39 is 5.60 Å². The SMILES string of the molecule is CCC(C)C[C@@H](Nc1c(N)cnc2ccccc12)C(C)(C)O. The first-order valence-electron chi connectivity index (χ1n) is 7.95. The number of nitrogen functional groups attached to an aromatic ring is 1. The molecule has 0 aliphatic carbocycles. The van der Waals surface area contributed by atoms with E-state index in [1.54, 1.807) is 6.20 Å². The van der Waals surface area contributed by atoms with Crippen LogP contribution in [-0.4, -0.2) is 21.7 Å². The number of benzene rings is 1. The van der Waals surface area contributed by atoms with Gasteiger partial charge in [0.05, 0.1) is 34.7 Å². The van der Waals surface area contributed by atoms with Gasteiger partial charge in [0, 0.05) is 5.39 Å². The standard InChI is InChI=1S/C18H27N3O/c1-5-12(2)10-16(18(3,4)22)21-17-13-8-6-7-9-15(13)20-11-14(17)19/h6-9,11-12,16,22H,5,10,19H2,1-4H3,(H,20,21)/t12?,16-/m1/s1. The van der Waals surface area contributed by atoms with Crippen LogP contribution in [0.4, 0.5) is 11.4 Å². The first-order chi connectivity index (χ1) is 10.3. The molecule has 0 bridgehead atoms. The number of nitrogens with zero attached hydrogens (tertiary/aromatic N) is 1. The van der Waals surface area contributed by atoms with Crippen molar-refractivity contribution in [1.29, 1.82) is 0 Å². The van der Waals surface area contributed by atoms with Crippen LogP contribution in [0.2, 0.25) is 0 Å². The van der Waals surface area contributed by atoms with Gasteiger partial charge in [-0.1, -0.05) is 38.5 Å². The van der Waals surface area contributed by atoms with Crippen LogP contribution < -0.4 is 11.1 Å². The molecule has 0 amide bonds. The van der Waals surface area contributed by atoms with E-state index >= 15 is 0 Å². The first-order valence-corrected chi connectivity index (χ1v) is 7.95. The highest BCUT2D eigenvalue weighted by atomic mass is 16.3. The monoisotopic (exact) mass is 301 g/mol. The molecule has 1 aromatic heterocycles. The summed E-state index contributed by atoms with van der Waals surface area (Å²) in [4.78, 5) is 4.36. The number of pyridine rings is 1. The fourth-order valence-electron chi connectivity index (χ4n) is 2.59. The van der Waals surface area contributed by atoms with Crippen LogP contribution in [0.1, 0.15) is 40.5 Å². The molecule has 4 nitrogen and oxygen atoms in total. The topological polar surface area (TPSA) is 71.2 Å². The Labute approximate surface area is 132 Å².